The molecule has 2 aromatic rings. The van der Waals surface area contributed by atoms with E-state index in [0.717, 1.165) is 0 Å². The Morgan fingerprint density at radius 2 is 2.17 bits per heavy atom. The number of rotatable bonds is 6. The molecule has 2 rings (SSSR count). The smallest absolute Gasteiger partial charge is 0.409 e. The molecule has 8 nitrogen and oxygen atoms in total. The second-order valence-corrected chi connectivity index (χ2v) is 11.9. The normalized spacial score (nSPS) is 12.4. The first-order chi connectivity index (χ1) is 11.1. The molecule has 0 radical (unpaired) electrons. The van der Waals surface area contributed by atoms with Crippen LogP contribution in [0.3, 0.4) is 0 Å². The Kier molecular flexibility index (Phi) is 5.14. The highest BCUT2D eigenvalue weighted by molar-refractivity contribution is 6.74. The maximum Gasteiger partial charge on any atom is 0.409 e. The zero-order valence-corrected chi connectivity index (χ0v) is 15.7. The molecule has 132 valence electrons. The van der Waals surface area contributed by atoms with E-state index in [-0.39, 0.29) is 5.04 Å². The highest BCUT2D eigenvalue weighted by Gasteiger charge is 2.37. The van der Waals surface area contributed by atoms with Crippen LogP contribution >= 0.6 is 0 Å². The van der Waals surface area contributed by atoms with Crippen LogP contribution in [0.4, 0.5) is 10.5 Å². The summed E-state index contributed by atoms with van der Waals surface area (Å²) in [6.07, 6.45) is 3.47. The summed E-state index contributed by atoms with van der Waals surface area (Å²) in [5, 5.41) is 15.1. The SMILES string of the molecule is CC(C)(C)[Si](C)(C)OCc1nc(Cn2cc(NC(=O)O)cn2)co1. The van der Waals surface area contributed by atoms with Crippen molar-refractivity contribution in [2.24, 2.45) is 0 Å². The number of carboxylic acid groups (broad SMARTS) is 1. The largest absolute Gasteiger partial charge is 0.465 e. The van der Waals surface area contributed by atoms with Crippen molar-refractivity contribution in [3.05, 3.63) is 30.2 Å². The molecule has 0 aromatic carbocycles. The number of anilines is 1. The number of carbonyl (C=O) groups is 1. The molecule has 9 heteroatoms. The number of oxazole rings is 1. The Morgan fingerprint density at radius 3 is 2.79 bits per heavy atom. The molecule has 2 N–H and O–H groups in total. The minimum Gasteiger partial charge on any atom is -0.465 e. The van der Waals surface area contributed by atoms with Gasteiger partial charge in [0, 0.05) is 6.20 Å². The van der Waals surface area contributed by atoms with Crippen molar-refractivity contribution in [2.75, 3.05) is 5.32 Å². The van der Waals surface area contributed by atoms with Crippen molar-refractivity contribution in [1.82, 2.24) is 14.8 Å². The molecule has 2 heterocycles. The summed E-state index contributed by atoms with van der Waals surface area (Å²) in [6.45, 7) is 11.6. The summed E-state index contributed by atoms with van der Waals surface area (Å²) >= 11 is 0. The monoisotopic (exact) mass is 352 g/mol. The first kappa shape index (κ1) is 18.2. The van der Waals surface area contributed by atoms with E-state index >= 15 is 0 Å². The molecule has 24 heavy (non-hydrogen) atoms. The molecule has 1 amide bonds. The predicted molar refractivity (Wildman–Crippen MR) is 91.5 cm³/mol. The van der Waals surface area contributed by atoms with Crippen LogP contribution in [0.15, 0.2) is 23.1 Å². The number of hydrogen-bond donors (Lipinski definition) is 2. The van der Waals surface area contributed by atoms with Gasteiger partial charge in [-0.25, -0.2) is 9.78 Å². The number of amides is 1. The Balaban J connectivity index is 1.94. The molecule has 0 saturated heterocycles. The maximum absolute atomic E-state index is 10.6. The van der Waals surface area contributed by atoms with E-state index in [0.29, 0.717) is 30.4 Å². The van der Waals surface area contributed by atoms with Gasteiger partial charge in [0.05, 0.1) is 18.4 Å². The maximum atomic E-state index is 10.6. The Morgan fingerprint density at radius 1 is 1.46 bits per heavy atom. The van der Waals surface area contributed by atoms with Crippen molar-refractivity contribution in [3.63, 3.8) is 0 Å². The lowest BCUT2D eigenvalue weighted by molar-refractivity contribution is 0.209. The molecule has 0 spiro atoms. The molecule has 0 bridgehead atoms. The third-order valence-corrected chi connectivity index (χ3v) is 8.65. The highest BCUT2D eigenvalue weighted by atomic mass is 28.4. The van der Waals surface area contributed by atoms with E-state index < -0.39 is 14.4 Å². The Labute approximate surface area is 142 Å². The van der Waals surface area contributed by atoms with Crippen LogP contribution in [-0.2, 0) is 17.6 Å². The van der Waals surface area contributed by atoms with Gasteiger partial charge in [-0.2, -0.15) is 5.10 Å². The van der Waals surface area contributed by atoms with Crippen molar-refractivity contribution >= 4 is 20.1 Å². The van der Waals surface area contributed by atoms with Gasteiger partial charge in [-0.1, -0.05) is 20.8 Å². The van der Waals surface area contributed by atoms with Crippen molar-refractivity contribution in [2.45, 2.75) is 52.1 Å². The average molecular weight is 352 g/mol. The molecular formula is C15H24N4O4Si. The van der Waals surface area contributed by atoms with Gasteiger partial charge in [-0.05, 0) is 18.1 Å². The summed E-state index contributed by atoms with van der Waals surface area (Å²) in [6, 6.07) is 0. The second-order valence-electron chi connectivity index (χ2n) is 7.14. The Bertz CT molecular complexity index is 702. The number of nitrogens with one attached hydrogen (secondary N) is 1. The lowest BCUT2D eigenvalue weighted by Gasteiger charge is -2.35. The minimum atomic E-state index is -1.85. The third-order valence-electron chi connectivity index (χ3n) is 4.17. The molecule has 0 saturated carbocycles. The van der Waals surface area contributed by atoms with E-state index in [4.69, 9.17) is 13.9 Å². The number of aromatic nitrogens is 3. The lowest BCUT2D eigenvalue weighted by atomic mass is 10.2. The van der Waals surface area contributed by atoms with Gasteiger partial charge in [0.1, 0.15) is 18.6 Å². The lowest BCUT2D eigenvalue weighted by Crippen LogP contribution is -2.40. The van der Waals surface area contributed by atoms with E-state index in [1.807, 2.05) is 0 Å². The predicted octanol–water partition coefficient (Wildman–Crippen LogP) is 3.53. The van der Waals surface area contributed by atoms with Crippen molar-refractivity contribution in [3.8, 4) is 0 Å². The highest BCUT2D eigenvalue weighted by Crippen LogP contribution is 2.36. The van der Waals surface area contributed by atoms with Crippen LogP contribution in [0.5, 0.6) is 0 Å². The van der Waals surface area contributed by atoms with Gasteiger partial charge in [0.2, 0.25) is 5.89 Å². The van der Waals surface area contributed by atoms with Crippen LogP contribution in [0, 0.1) is 0 Å². The summed E-state index contributed by atoms with van der Waals surface area (Å²) in [4.78, 5) is 15.0. The van der Waals surface area contributed by atoms with Crippen LogP contribution in [0.1, 0.15) is 32.4 Å². The van der Waals surface area contributed by atoms with E-state index in [1.54, 1.807) is 17.1 Å². The fraction of sp³-hybridized carbons (Fsp3) is 0.533. The standard InChI is InChI=1S/C15H24N4O4Si/c1-15(2,3)24(4,5)23-10-13-17-12(9-22-13)8-19-7-11(6-16-19)18-14(20)21/h6-7,9,18H,8,10H2,1-5H3,(H,20,21). The summed E-state index contributed by atoms with van der Waals surface area (Å²) in [7, 11) is -1.85. The Hall–Kier alpha value is -2.13. The average Bonchev–Trinajstić information content (AvgIpc) is 3.05. The minimum absolute atomic E-state index is 0.130. The van der Waals surface area contributed by atoms with E-state index in [9.17, 15) is 4.79 Å². The molecular weight excluding hydrogens is 328 g/mol. The van der Waals surface area contributed by atoms with E-state index in [1.165, 1.54) is 6.20 Å². The summed E-state index contributed by atoms with van der Waals surface area (Å²) in [5.74, 6) is 0.533. The topological polar surface area (TPSA) is 102 Å². The van der Waals surface area contributed by atoms with Gasteiger partial charge < -0.3 is 13.9 Å². The third kappa shape index (κ3) is 4.68. The first-order valence-electron chi connectivity index (χ1n) is 7.66. The van der Waals surface area contributed by atoms with Crippen LogP contribution in [0.2, 0.25) is 18.1 Å². The zero-order chi connectivity index (χ0) is 18.0. The molecule has 0 atom stereocenters. The van der Waals surface area contributed by atoms with E-state index in [2.05, 4.69) is 49.3 Å². The van der Waals surface area contributed by atoms with Crippen LogP contribution < -0.4 is 5.32 Å². The molecule has 0 aliphatic rings. The first-order valence-corrected chi connectivity index (χ1v) is 10.6. The van der Waals surface area contributed by atoms with Gasteiger partial charge in [0.25, 0.3) is 0 Å². The van der Waals surface area contributed by atoms with Gasteiger partial charge in [-0.3, -0.25) is 10.00 Å². The fourth-order valence-corrected chi connectivity index (χ4v) is 2.67. The van der Waals surface area contributed by atoms with Crippen LogP contribution in [-0.4, -0.2) is 34.3 Å². The molecule has 2 aromatic heterocycles. The van der Waals surface area contributed by atoms with Crippen molar-refractivity contribution in [1.29, 1.82) is 0 Å². The molecule has 0 aliphatic heterocycles. The van der Waals surface area contributed by atoms with Crippen molar-refractivity contribution < 1.29 is 18.7 Å². The summed E-state index contributed by atoms with van der Waals surface area (Å²) in [5.41, 5.74) is 1.11. The summed E-state index contributed by atoms with van der Waals surface area (Å²) < 4.78 is 13.1. The van der Waals surface area contributed by atoms with Gasteiger partial charge in [-0.15, -0.1) is 0 Å². The molecule has 0 fully saturated rings. The molecule has 0 aliphatic carbocycles. The number of hydrogen-bond acceptors (Lipinski definition) is 5. The van der Waals surface area contributed by atoms with Gasteiger partial charge in [0.15, 0.2) is 8.32 Å². The van der Waals surface area contributed by atoms with Gasteiger partial charge >= 0.3 is 6.09 Å². The number of nitrogens with zero attached hydrogens (tertiary/aromatic N) is 3. The quantitative estimate of drug-likeness (QED) is 0.771. The molecule has 0 unspecified atom stereocenters. The zero-order valence-electron chi connectivity index (χ0n) is 14.7. The fourth-order valence-electron chi connectivity index (χ4n) is 1.75. The second kappa shape index (κ2) is 6.77. The van der Waals surface area contributed by atoms with Crippen LogP contribution in [0.25, 0.3) is 0 Å².